The number of amides is 2. The van der Waals surface area contributed by atoms with Crippen LogP contribution in [0.3, 0.4) is 0 Å². The quantitative estimate of drug-likeness (QED) is 0.823. The maximum absolute atomic E-state index is 12.7. The van der Waals surface area contributed by atoms with Crippen LogP contribution in [0.1, 0.15) is 18.9 Å². The third-order valence-corrected chi connectivity index (χ3v) is 4.87. The maximum atomic E-state index is 12.7. The minimum atomic E-state index is -0.989. The summed E-state index contributed by atoms with van der Waals surface area (Å²) in [7, 11) is 0. The summed E-state index contributed by atoms with van der Waals surface area (Å²) in [5, 5.41) is 2.70. The molecule has 7 nitrogen and oxygen atoms in total. The number of ether oxygens (including phenoxy) is 2. The molecule has 144 valence electrons. The topological polar surface area (TPSA) is 84.9 Å². The number of carbonyl (C=O) groups excluding carboxylic acids is 3. The standard InChI is InChI=1S/C21H20N2O5/c1-13(21(26)23-11-10-14-6-2-4-8-16(14)23)27-19(24)12-18-20(25)22-15-7-3-5-9-17(15)28-18/h2-9,13,18H,10-12H2,1H3,(H,22,25). The number of hydrogen-bond donors (Lipinski definition) is 1. The van der Waals surface area contributed by atoms with Crippen LogP contribution >= 0.6 is 0 Å². The van der Waals surface area contributed by atoms with Crippen molar-refractivity contribution in [2.24, 2.45) is 0 Å². The number of rotatable bonds is 4. The first-order valence-corrected chi connectivity index (χ1v) is 9.18. The van der Waals surface area contributed by atoms with Crippen molar-refractivity contribution in [3.63, 3.8) is 0 Å². The van der Waals surface area contributed by atoms with Gasteiger partial charge in [-0.3, -0.25) is 14.4 Å². The second kappa shape index (κ2) is 7.34. The minimum absolute atomic E-state index is 0.269. The molecule has 2 heterocycles. The molecule has 0 bridgehead atoms. The van der Waals surface area contributed by atoms with Gasteiger partial charge in [-0.15, -0.1) is 0 Å². The van der Waals surface area contributed by atoms with E-state index in [-0.39, 0.29) is 12.3 Å². The van der Waals surface area contributed by atoms with Crippen LogP contribution in [0.5, 0.6) is 5.75 Å². The van der Waals surface area contributed by atoms with E-state index in [0.717, 1.165) is 17.7 Å². The Morgan fingerprint density at radius 1 is 1.21 bits per heavy atom. The smallest absolute Gasteiger partial charge is 0.310 e. The molecule has 0 aliphatic carbocycles. The van der Waals surface area contributed by atoms with Gasteiger partial charge in [0.05, 0.1) is 12.1 Å². The van der Waals surface area contributed by atoms with Crippen LogP contribution in [0.15, 0.2) is 48.5 Å². The summed E-state index contributed by atoms with van der Waals surface area (Å²) in [5.41, 5.74) is 2.51. The molecule has 2 aliphatic rings. The molecule has 7 heteroatoms. The van der Waals surface area contributed by atoms with Crippen molar-refractivity contribution >= 4 is 29.2 Å². The predicted octanol–water partition coefficient (Wildman–Crippen LogP) is 2.30. The zero-order valence-electron chi connectivity index (χ0n) is 15.4. The molecule has 0 saturated carbocycles. The number of nitrogens with one attached hydrogen (secondary N) is 1. The fourth-order valence-electron chi connectivity index (χ4n) is 3.46. The van der Waals surface area contributed by atoms with Crippen molar-refractivity contribution in [1.29, 1.82) is 0 Å². The molecule has 2 aromatic rings. The van der Waals surface area contributed by atoms with E-state index in [1.54, 1.807) is 29.2 Å². The average molecular weight is 380 g/mol. The molecular weight excluding hydrogens is 360 g/mol. The Bertz CT molecular complexity index is 942. The van der Waals surface area contributed by atoms with Crippen molar-refractivity contribution in [2.75, 3.05) is 16.8 Å². The van der Waals surface area contributed by atoms with Gasteiger partial charge in [0.15, 0.2) is 12.2 Å². The highest BCUT2D eigenvalue weighted by Gasteiger charge is 2.33. The highest BCUT2D eigenvalue weighted by atomic mass is 16.6. The predicted molar refractivity (Wildman–Crippen MR) is 102 cm³/mol. The lowest BCUT2D eigenvalue weighted by atomic mass is 10.1. The second-order valence-electron chi connectivity index (χ2n) is 6.80. The Hall–Kier alpha value is -3.35. The van der Waals surface area contributed by atoms with Crippen LogP contribution in [-0.2, 0) is 25.5 Å². The number of nitrogens with zero attached hydrogens (tertiary/aromatic N) is 1. The number of hydrogen-bond acceptors (Lipinski definition) is 5. The number of anilines is 2. The van der Waals surface area contributed by atoms with E-state index in [2.05, 4.69) is 5.32 Å². The first-order valence-electron chi connectivity index (χ1n) is 9.18. The molecule has 2 atom stereocenters. The van der Waals surface area contributed by atoms with Gasteiger partial charge in [0.25, 0.3) is 11.8 Å². The van der Waals surface area contributed by atoms with Gasteiger partial charge >= 0.3 is 5.97 Å². The van der Waals surface area contributed by atoms with Crippen LogP contribution in [0.2, 0.25) is 0 Å². The summed E-state index contributed by atoms with van der Waals surface area (Å²) in [6, 6.07) is 14.7. The van der Waals surface area contributed by atoms with Crippen molar-refractivity contribution in [3.05, 3.63) is 54.1 Å². The van der Waals surface area contributed by atoms with E-state index >= 15 is 0 Å². The third kappa shape index (κ3) is 3.43. The zero-order valence-corrected chi connectivity index (χ0v) is 15.4. The minimum Gasteiger partial charge on any atom is -0.478 e. The van der Waals surface area contributed by atoms with Gasteiger partial charge in [-0.1, -0.05) is 30.3 Å². The number of fused-ring (bicyclic) bond motifs is 2. The van der Waals surface area contributed by atoms with Crippen molar-refractivity contribution in [2.45, 2.75) is 32.0 Å². The van der Waals surface area contributed by atoms with Crippen molar-refractivity contribution < 1.29 is 23.9 Å². The van der Waals surface area contributed by atoms with Gasteiger partial charge in [0.2, 0.25) is 0 Å². The highest BCUT2D eigenvalue weighted by Crippen LogP contribution is 2.30. The first-order chi connectivity index (χ1) is 13.5. The molecule has 2 aliphatic heterocycles. The maximum Gasteiger partial charge on any atom is 0.310 e. The Kier molecular flexibility index (Phi) is 4.73. The van der Waals surface area contributed by atoms with E-state index in [4.69, 9.17) is 9.47 Å². The largest absolute Gasteiger partial charge is 0.478 e. The highest BCUT2D eigenvalue weighted by molar-refractivity contribution is 6.01. The lowest BCUT2D eigenvalue weighted by molar-refractivity contribution is -0.156. The molecule has 0 radical (unpaired) electrons. The molecule has 0 spiro atoms. The van der Waals surface area contributed by atoms with Gasteiger partial charge in [-0.2, -0.15) is 0 Å². The van der Waals surface area contributed by atoms with E-state index in [9.17, 15) is 14.4 Å². The second-order valence-corrected chi connectivity index (χ2v) is 6.80. The molecule has 0 fully saturated rings. The first kappa shape index (κ1) is 18.0. The Labute approximate surface area is 162 Å². The zero-order chi connectivity index (χ0) is 19.7. The molecule has 4 rings (SSSR count). The van der Waals surface area contributed by atoms with E-state index in [0.29, 0.717) is 18.0 Å². The summed E-state index contributed by atoms with van der Waals surface area (Å²) >= 11 is 0. The molecular formula is C21H20N2O5. The van der Waals surface area contributed by atoms with Gasteiger partial charge < -0.3 is 19.7 Å². The van der Waals surface area contributed by atoms with Crippen LogP contribution in [0.4, 0.5) is 11.4 Å². The Morgan fingerprint density at radius 2 is 1.96 bits per heavy atom. The summed E-state index contributed by atoms with van der Waals surface area (Å²) in [4.78, 5) is 38.8. The molecule has 0 aromatic heterocycles. The van der Waals surface area contributed by atoms with E-state index in [1.807, 2.05) is 24.3 Å². The van der Waals surface area contributed by atoms with Crippen LogP contribution < -0.4 is 15.0 Å². The van der Waals surface area contributed by atoms with Crippen molar-refractivity contribution in [1.82, 2.24) is 0 Å². The number of para-hydroxylation sites is 3. The van der Waals surface area contributed by atoms with E-state index < -0.39 is 24.1 Å². The van der Waals surface area contributed by atoms with Gasteiger partial charge in [-0.05, 0) is 37.1 Å². The Morgan fingerprint density at radius 3 is 2.82 bits per heavy atom. The molecule has 0 saturated heterocycles. The third-order valence-electron chi connectivity index (χ3n) is 4.87. The lowest BCUT2D eigenvalue weighted by Crippen LogP contribution is -2.42. The van der Waals surface area contributed by atoms with Crippen molar-refractivity contribution in [3.8, 4) is 5.75 Å². The normalized spacial score (nSPS) is 18.4. The van der Waals surface area contributed by atoms with E-state index in [1.165, 1.54) is 6.92 Å². The average Bonchev–Trinajstić information content (AvgIpc) is 3.12. The molecule has 2 amide bonds. The molecule has 1 N–H and O–H groups in total. The number of benzene rings is 2. The monoisotopic (exact) mass is 380 g/mol. The number of carbonyl (C=O) groups is 3. The summed E-state index contributed by atoms with van der Waals surface area (Å²) < 4.78 is 10.9. The molecule has 28 heavy (non-hydrogen) atoms. The summed E-state index contributed by atoms with van der Waals surface area (Å²) in [5.74, 6) is -0.855. The molecule has 2 aromatic carbocycles. The Balaban J connectivity index is 1.36. The SMILES string of the molecule is CC(OC(=O)CC1Oc2ccccc2NC1=O)C(=O)N1CCc2ccccc21. The van der Waals surface area contributed by atoms with Gasteiger partial charge in [0.1, 0.15) is 5.75 Å². The summed E-state index contributed by atoms with van der Waals surface area (Å²) in [6.07, 6.45) is -1.43. The van der Waals surface area contributed by atoms with Crippen LogP contribution in [0.25, 0.3) is 0 Å². The van der Waals surface area contributed by atoms with Crippen LogP contribution in [-0.4, -0.2) is 36.5 Å². The lowest BCUT2D eigenvalue weighted by Gasteiger charge is -2.26. The van der Waals surface area contributed by atoms with Gasteiger partial charge in [0, 0.05) is 12.2 Å². The van der Waals surface area contributed by atoms with Crippen LogP contribution in [0, 0.1) is 0 Å². The fourth-order valence-corrected chi connectivity index (χ4v) is 3.46. The number of esters is 1. The molecule has 2 unspecified atom stereocenters. The fraction of sp³-hybridized carbons (Fsp3) is 0.286. The summed E-state index contributed by atoms with van der Waals surface area (Å²) in [6.45, 7) is 2.10. The van der Waals surface area contributed by atoms with Gasteiger partial charge in [-0.25, -0.2) is 0 Å².